The molecule has 6 nitrogen and oxygen atoms in total. The predicted molar refractivity (Wildman–Crippen MR) is 233 cm³/mol. The van der Waals surface area contributed by atoms with Gasteiger partial charge in [0.2, 0.25) is 0 Å². The summed E-state index contributed by atoms with van der Waals surface area (Å²) in [6.07, 6.45) is 48.7. The Hall–Kier alpha value is -2.11. The second kappa shape index (κ2) is 44.6. The fourth-order valence-electron chi connectivity index (χ4n) is 6.82. The quantitative estimate of drug-likeness (QED) is 0.0266. The van der Waals surface area contributed by atoms with Crippen LogP contribution in [0.3, 0.4) is 0 Å². The van der Waals surface area contributed by atoms with Crippen LogP contribution in [-0.2, 0) is 28.6 Å². The molecule has 1 atom stereocenters. The molecule has 0 aromatic carbocycles. The molecule has 0 aliphatic carbocycles. The van der Waals surface area contributed by atoms with Crippen LogP contribution in [0.25, 0.3) is 0 Å². The lowest BCUT2D eigenvalue weighted by molar-refractivity contribution is -0.167. The molecule has 0 amide bonds. The van der Waals surface area contributed by atoms with Crippen LogP contribution in [0.4, 0.5) is 0 Å². The van der Waals surface area contributed by atoms with Gasteiger partial charge in [-0.1, -0.05) is 206 Å². The van der Waals surface area contributed by atoms with Crippen molar-refractivity contribution in [3.05, 3.63) is 24.3 Å². The fraction of sp³-hybridized carbons (Fsp3) is 0.857. The highest BCUT2D eigenvalue weighted by atomic mass is 16.6. The van der Waals surface area contributed by atoms with E-state index in [1.54, 1.807) is 0 Å². The van der Waals surface area contributed by atoms with Gasteiger partial charge < -0.3 is 14.2 Å². The van der Waals surface area contributed by atoms with Crippen molar-refractivity contribution < 1.29 is 28.6 Å². The van der Waals surface area contributed by atoms with Gasteiger partial charge in [0, 0.05) is 19.3 Å². The van der Waals surface area contributed by atoms with E-state index in [0.717, 1.165) is 77.0 Å². The third-order valence-electron chi connectivity index (χ3n) is 10.5. The lowest BCUT2D eigenvalue weighted by Crippen LogP contribution is -2.30. The van der Waals surface area contributed by atoms with Crippen molar-refractivity contribution >= 4 is 17.9 Å². The van der Waals surface area contributed by atoms with Crippen LogP contribution in [0, 0.1) is 0 Å². The minimum Gasteiger partial charge on any atom is -0.462 e. The van der Waals surface area contributed by atoms with Crippen molar-refractivity contribution in [1.29, 1.82) is 0 Å². The largest absolute Gasteiger partial charge is 0.462 e. The molecule has 0 N–H and O–H groups in total. The second-order valence-corrected chi connectivity index (χ2v) is 16.0. The van der Waals surface area contributed by atoms with E-state index in [4.69, 9.17) is 14.2 Å². The number of carbonyl (C=O) groups excluding carboxylic acids is 3. The van der Waals surface area contributed by atoms with Gasteiger partial charge in [0.25, 0.3) is 0 Å². The monoisotopic (exact) mass is 775 g/mol. The Morgan fingerprint density at radius 3 is 1.04 bits per heavy atom. The first kappa shape index (κ1) is 52.9. The molecule has 0 aliphatic rings. The molecule has 0 bridgehead atoms. The Labute approximate surface area is 341 Å². The minimum atomic E-state index is -0.768. The maximum Gasteiger partial charge on any atom is 0.306 e. The topological polar surface area (TPSA) is 78.9 Å². The summed E-state index contributed by atoms with van der Waals surface area (Å²) < 4.78 is 16.7. The number of hydrogen-bond donors (Lipinski definition) is 0. The molecular weight excluding hydrogens is 685 g/mol. The Balaban J connectivity index is 4.35. The van der Waals surface area contributed by atoms with Gasteiger partial charge in [0.1, 0.15) is 13.2 Å². The van der Waals surface area contributed by atoms with Gasteiger partial charge in [0.15, 0.2) is 6.10 Å². The van der Waals surface area contributed by atoms with Gasteiger partial charge in [0.05, 0.1) is 0 Å². The average Bonchev–Trinajstić information content (AvgIpc) is 3.18. The molecule has 0 spiro atoms. The Kier molecular flexibility index (Phi) is 42.9. The second-order valence-electron chi connectivity index (χ2n) is 16.0. The summed E-state index contributed by atoms with van der Waals surface area (Å²) in [5, 5.41) is 0. The van der Waals surface area contributed by atoms with Gasteiger partial charge in [-0.3, -0.25) is 14.4 Å². The zero-order chi connectivity index (χ0) is 40.1. The highest BCUT2D eigenvalue weighted by Crippen LogP contribution is 2.15. The van der Waals surface area contributed by atoms with E-state index in [1.165, 1.54) is 135 Å². The third kappa shape index (κ3) is 42.9. The first-order chi connectivity index (χ1) is 27.0. The summed E-state index contributed by atoms with van der Waals surface area (Å²) in [4.78, 5) is 37.7. The maximum absolute atomic E-state index is 12.7. The standard InChI is InChI=1S/C49H90O6/c1-4-7-10-13-16-19-22-23-24-25-28-30-33-36-39-42-48(51)54-45-46(55-49(52)43-40-37-34-31-27-21-18-15-12-9-6-3)44-53-47(50)41-38-35-32-29-26-20-17-14-11-8-5-2/h16,19,23-24,46H,4-15,17-18,20-22,25-45H2,1-3H3/b19-16-,24-23-. The van der Waals surface area contributed by atoms with Gasteiger partial charge in [-0.2, -0.15) is 0 Å². The predicted octanol–water partition coefficient (Wildman–Crippen LogP) is 15.2. The molecule has 1 unspecified atom stereocenters. The lowest BCUT2D eigenvalue weighted by Gasteiger charge is -2.18. The van der Waals surface area contributed by atoms with Crippen molar-refractivity contribution in [2.24, 2.45) is 0 Å². The number of allylic oxidation sites excluding steroid dienone is 4. The smallest absolute Gasteiger partial charge is 0.306 e. The molecule has 0 aliphatic heterocycles. The van der Waals surface area contributed by atoms with Crippen molar-refractivity contribution in [3.63, 3.8) is 0 Å². The van der Waals surface area contributed by atoms with Crippen LogP contribution >= 0.6 is 0 Å². The van der Waals surface area contributed by atoms with Gasteiger partial charge in [-0.25, -0.2) is 0 Å². The molecule has 0 radical (unpaired) electrons. The molecule has 55 heavy (non-hydrogen) atoms. The number of unbranched alkanes of at least 4 members (excludes halogenated alkanes) is 28. The van der Waals surface area contributed by atoms with Crippen LogP contribution in [0.1, 0.15) is 252 Å². The molecule has 0 heterocycles. The van der Waals surface area contributed by atoms with Crippen molar-refractivity contribution in [2.45, 2.75) is 258 Å². The number of carbonyl (C=O) groups is 3. The first-order valence-corrected chi connectivity index (χ1v) is 23.8. The minimum absolute atomic E-state index is 0.0716. The zero-order valence-electron chi connectivity index (χ0n) is 36.7. The van der Waals surface area contributed by atoms with Crippen LogP contribution < -0.4 is 0 Å². The number of hydrogen-bond acceptors (Lipinski definition) is 6. The molecule has 0 saturated heterocycles. The van der Waals surface area contributed by atoms with Crippen molar-refractivity contribution in [1.82, 2.24) is 0 Å². The summed E-state index contributed by atoms with van der Waals surface area (Å²) in [5.74, 6) is -0.879. The molecule has 0 aromatic rings. The summed E-state index contributed by atoms with van der Waals surface area (Å²) >= 11 is 0. The van der Waals surface area contributed by atoms with Gasteiger partial charge in [-0.15, -0.1) is 0 Å². The van der Waals surface area contributed by atoms with Crippen LogP contribution in [0.5, 0.6) is 0 Å². The highest BCUT2D eigenvalue weighted by Gasteiger charge is 2.19. The van der Waals surface area contributed by atoms with Crippen LogP contribution in [0.2, 0.25) is 0 Å². The van der Waals surface area contributed by atoms with E-state index in [2.05, 4.69) is 45.1 Å². The molecule has 0 fully saturated rings. The summed E-state index contributed by atoms with van der Waals surface area (Å²) in [6.45, 7) is 6.59. The van der Waals surface area contributed by atoms with E-state index >= 15 is 0 Å². The SMILES string of the molecule is CCCCC/C=C\C/C=C\CCCCCCCC(=O)OCC(COC(=O)CCCCCCCCCCCCC)OC(=O)CCCCCCCCCCCCC. The Morgan fingerprint density at radius 2 is 0.655 bits per heavy atom. The lowest BCUT2D eigenvalue weighted by atomic mass is 10.1. The Morgan fingerprint density at radius 1 is 0.364 bits per heavy atom. The van der Waals surface area contributed by atoms with E-state index in [1.807, 2.05) is 0 Å². The van der Waals surface area contributed by atoms with E-state index < -0.39 is 6.10 Å². The molecule has 322 valence electrons. The molecule has 0 saturated carbocycles. The van der Waals surface area contributed by atoms with Crippen molar-refractivity contribution in [3.8, 4) is 0 Å². The normalized spacial score (nSPS) is 12.1. The first-order valence-electron chi connectivity index (χ1n) is 23.8. The van der Waals surface area contributed by atoms with Crippen molar-refractivity contribution in [2.75, 3.05) is 13.2 Å². The van der Waals surface area contributed by atoms with E-state index in [0.29, 0.717) is 19.3 Å². The third-order valence-corrected chi connectivity index (χ3v) is 10.5. The average molecular weight is 775 g/mol. The molecule has 6 heteroatoms. The van der Waals surface area contributed by atoms with Crippen LogP contribution in [-0.4, -0.2) is 37.2 Å². The van der Waals surface area contributed by atoms with E-state index in [-0.39, 0.29) is 31.1 Å². The maximum atomic E-state index is 12.7. The molecule has 0 aromatic heterocycles. The summed E-state index contributed by atoms with van der Waals surface area (Å²) in [6, 6.07) is 0. The number of rotatable bonds is 43. The number of ether oxygens (including phenoxy) is 3. The molecular formula is C49H90O6. The van der Waals surface area contributed by atoms with Gasteiger partial charge >= 0.3 is 17.9 Å². The van der Waals surface area contributed by atoms with E-state index in [9.17, 15) is 14.4 Å². The summed E-state index contributed by atoms with van der Waals surface area (Å²) in [7, 11) is 0. The van der Waals surface area contributed by atoms with Crippen LogP contribution in [0.15, 0.2) is 24.3 Å². The Bertz CT molecular complexity index is 896. The summed E-state index contributed by atoms with van der Waals surface area (Å²) in [5.41, 5.74) is 0. The zero-order valence-corrected chi connectivity index (χ0v) is 36.7. The highest BCUT2D eigenvalue weighted by molar-refractivity contribution is 5.71. The molecule has 0 rings (SSSR count). The van der Waals surface area contributed by atoms with Gasteiger partial charge in [-0.05, 0) is 51.4 Å². The fourth-order valence-corrected chi connectivity index (χ4v) is 6.82. The number of esters is 3.